The molecule has 0 N–H and O–H groups in total. The Kier molecular flexibility index (Phi) is 3.93. The number of aryl methyl sites for hydroxylation is 1. The Balaban J connectivity index is 1.52. The van der Waals surface area contributed by atoms with Gasteiger partial charge in [-0.25, -0.2) is 0 Å². The van der Waals surface area contributed by atoms with E-state index in [1.807, 2.05) is 12.1 Å². The molecule has 0 spiro atoms. The van der Waals surface area contributed by atoms with Gasteiger partial charge >= 0.3 is 5.97 Å². The van der Waals surface area contributed by atoms with Gasteiger partial charge in [0, 0.05) is 11.8 Å². The second-order valence-electron chi connectivity index (χ2n) is 6.15. The highest BCUT2D eigenvalue weighted by atomic mass is 16.5. The van der Waals surface area contributed by atoms with Gasteiger partial charge in [-0.1, -0.05) is 49.4 Å². The number of carbonyl (C=O) groups excluding carboxylic acids is 1. The quantitative estimate of drug-likeness (QED) is 0.790. The van der Waals surface area contributed by atoms with Crippen LogP contribution in [-0.2, 0) is 20.7 Å². The summed E-state index contributed by atoms with van der Waals surface area (Å²) in [4.78, 5) is 11.8. The lowest BCUT2D eigenvalue weighted by Gasteiger charge is -2.37. The highest BCUT2D eigenvalue weighted by molar-refractivity contribution is 5.83. The number of hydrogen-bond acceptors (Lipinski definition) is 3. The van der Waals surface area contributed by atoms with Gasteiger partial charge < -0.3 is 9.47 Å². The third kappa shape index (κ3) is 3.42. The molecule has 1 heterocycles. The molecule has 1 fully saturated rings. The van der Waals surface area contributed by atoms with Crippen LogP contribution >= 0.6 is 0 Å². The molecule has 1 aliphatic heterocycles. The molecule has 3 heteroatoms. The molecule has 0 saturated carbocycles. The van der Waals surface area contributed by atoms with Crippen LogP contribution in [0, 0.1) is 5.41 Å². The second kappa shape index (κ2) is 5.86. The molecule has 3 rings (SSSR count). The molecule has 0 amide bonds. The van der Waals surface area contributed by atoms with Gasteiger partial charge in [0.15, 0.2) is 0 Å². The van der Waals surface area contributed by atoms with Crippen molar-refractivity contribution in [2.24, 2.45) is 5.41 Å². The van der Waals surface area contributed by atoms with Crippen molar-refractivity contribution in [3.05, 3.63) is 48.0 Å². The summed E-state index contributed by atoms with van der Waals surface area (Å²) in [6.07, 6.45) is 1.14. The lowest BCUT2D eigenvalue weighted by molar-refractivity contribution is -0.165. The van der Waals surface area contributed by atoms with Crippen LogP contribution in [0.25, 0.3) is 10.8 Å². The van der Waals surface area contributed by atoms with E-state index in [2.05, 4.69) is 37.3 Å². The zero-order valence-corrected chi connectivity index (χ0v) is 12.3. The second-order valence-corrected chi connectivity index (χ2v) is 6.15. The molecule has 0 unspecified atom stereocenters. The standard InChI is InChI=1S/C18H20O3/c1-18(11-20-12-18)13-21-17(19)9-7-14-6-8-15-4-2-3-5-16(15)10-14/h2-6,8,10H,7,9,11-13H2,1H3. The van der Waals surface area contributed by atoms with Gasteiger partial charge in [-0.05, 0) is 22.8 Å². The summed E-state index contributed by atoms with van der Waals surface area (Å²) in [5.74, 6) is -0.128. The minimum Gasteiger partial charge on any atom is -0.465 e. The minimum absolute atomic E-state index is 0.0264. The van der Waals surface area contributed by atoms with Crippen LogP contribution in [0.4, 0.5) is 0 Å². The minimum atomic E-state index is -0.128. The van der Waals surface area contributed by atoms with E-state index < -0.39 is 0 Å². The molecule has 0 atom stereocenters. The normalized spacial score (nSPS) is 16.4. The van der Waals surface area contributed by atoms with E-state index in [4.69, 9.17) is 9.47 Å². The fourth-order valence-electron chi connectivity index (χ4n) is 2.50. The van der Waals surface area contributed by atoms with Gasteiger partial charge in [-0.15, -0.1) is 0 Å². The molecule has 1 aliphatic rings. The maximum atomic E-state index is 11.8. The molecular weight excluding hydrogens is 264 g/mol. The van der Waals surface area contributed by atoms with Crippen molar-refractivity contribution in [2.75, 3.05) is 19.8 Å². The molecule has 0 bridgehead atoms. The van der Waals surface area contributed by atoms with Crippen LogP contribution in [0.3, 0.4) is 0 Å². The Morgan fingerprint density at radius 1 is 1.19 bits per heavy atom. The Hall–Kier alpha value is -1.87. The summed E-state index contributed by atoms with van der Waals surface area (Å²) in [5, 5.41) is 2.43. The lowest BCUT2D eigenvalue weighted by atomic mass is 9.90. The van der Waals surface area contributed by atoms with Gasteiger partial charge in [0.25, 0.3) is 0 Å². The highest BCUT2D eigenvalue weighted by Gasteiger charge is 2.34. The molecule has 2 aromatic rings. The Morgan fingerprint density at radius 2 is 1.95 bits per heavy atom. The average Bonchev–Trinajstić information content (AvgIpc) is 2.49. The van der Waals surface area contributed by atoms with Crippen molar-refractivity contribution < 1.29 is 14.3 Å². The van der Waals surface area contributed by atoms with Crippen molar-refractivity contribution in [1.29, 1.82) is 0 Å². The molecule has 0 aromatic heterocycles. The zero-order chi connectivity index (χ0) is 14.7. The van der Waals surface area contributed by atoms with Crippen LogP contribution in [0.15, 0.2) is 42.5 Å². The molecule has 21 heavy (non-hydrogen) atoms. The fourth-order valence-corrected chi connectivity index (χ4v) is 2.50. The Bertz CT molecular complexity index is 644. The smallest absolute Gasteiger partial charge is 0.306 e. The largest absolute Gasteiger partial charge is 0.465 e. The summed E-state index contributed by atoms with van der Waals surface area (Å²) < 4.78 is 10.5. The van der Waals surface area contributed by atoms with Crippen molar-refractivity contribution in [1.82, 2.24) is 0 Å². The van der Waals surface area contributed by atoms with E-state index in [0.717, 1.165) is 6.42 Å². The Labute approximate surface area is 124 Å². The molecule has 3 nitrogen and oxygen atoms in total. The zero-order valence-electron chi connectivity index (χ0n) is 12.3. The number of esters is 1. The van der Waals surface area contributed by atoms with Crippen LogP contribution in [-0.4, -0.2) is 25.8 Å². The Morgan fingerprint density at radius 3 is 2.67 bits per heavy atom. The molecule has 110 valence electrons. The summed E-state index contributed by atoms with van der Waals surface area (Å²) in [7, 11) is 0. The number of hydrogen-bond donors (Lipinski definition) is 0. The summed E-state index contributed by atoms with van der Waals surface area (Å²) in [5.41, 5.74) is 1.20. The lowest BCUT2D eigenvalue weighted by Crippen LogP contribution is -2.44. The van der Waals surface area contributed by atoms with Crippen LogP contribution in [0.1, 0.15) is 18.9 Å². The first-order valence-electron chi connectivity index (χ1n) is 7.36. The SMILES string of the molecule is CC1(COC(=O)CCc2ccc3ccccc3c2)COC1. The summed E-state index contributed by atoms with van der Waals surface area (Å²) in [6.45, 7) is 3.91. The van der Waals surface area contributed by atoms with E-state index >= 15 is 0 Å². The molecular formula is C18H20O3. The predicted octanol–water partition coefficient (Wildman–Crippen LogP) is 3.35. The summed E-state index contributed by atoms with van der Waals surface area (Å²) in [6, 6.07) is 14.6. The van der Waals surface area contributed by atoms with Crippen LogP contribution in [0.5, 0.6) is 0 Å². The van der Waals surface area contributed by atoms with Crippen molar-refractivity contribution in [2.45, 2.75) is 19.8 Å². The van der Waals surface area contributed by atoms with Gasteiger partial charge in [0.05, 0.1) is 13.2 Å². The predicted molar refractivity (Wildman–Crippen MR) is 82.2 cm³/mol. The van der Waals surface area contributed by atoms with Crippen LogP contribution in [0.2, 0.25) is 0 Å². The van der Waals surface area contributed by atoms with Crippen molar-refractivity contribution >= 4 is 16.7 Å². The fraction of sp³-hybridized carbons (Fsp3) is 0.389. The summed E-state index contributed by atoms with van der Waals surface area (Å²) >= 11 is 0. The van der Waals surface area contributed by atoms with Gasteiger partial charge in [0.1, 0.15) is 6.61 Å². The number of fused-ring (bicyclic) bond motifs is 1. The highest BCUT2D eigenvalue weighted by Crippen LogP contribution is 2.26. The first kappa shape index (κ1) is 14.1. The monoisotopic (exact) mass is 284 g/mol. The number of ether oxygens (including phenoxy) is 2. The molecule has 1 saturated heterocycles. The van der Waals surface area contributed by atoms with E-state index in [1.54, 1.807) is 0 Å². The van der Waals surface area contributed by atoms with Gasteiger partial charge in [0.2, 0.25) is 0 Å². The first-order valence-corrected chi connectivity index (χ1v) is 7.36. The molecule has 0 radical (unpaired) electrons. The maximum Gasteiger partial charge on any atom is 0.306 e. The van der Waals surface area contributed by atoms with Crippen molar-refractivity contribution in [3.63, 3.8) is 0 Å². The van der Waals surface area contributed by atoms with E-state index in [-0.39, 0.29) is 11.4 Å². The van der Waals surface area contributed by atoms with E-state index in [1.165, 1.54) is 16.3 Å². The van der Waals surface area contributed by atoms with Gasteiger partial charge in [-0.3, -0.25) is 4.79 Å². The molecule has 2 aromatic carbocycles. The van der Waals surface area contributed by atoms with E-state index in [9.17, 15) is 4.79 Å². The van der Waals surface area contributed by atoms with Crippen LogP contribution < -0.4 is 0 Å². The van der Waals surface area contributed by atoms with Crippen molar-refractivity contribution in [3.8, 4) is 0 Å². The average molecular weight is 284 g/mol. The van der Waals surface area contributed by atoms with E-state index in [0.29, 0.717) is 26.2 Å². The third-order valence-corrected chi connectivity index (χ3v) is 3.91. The molecule has 0 aliphatic carbocycles. The van der Waals surface area contributed by atoms with Gasteiger partial charge in [-0.2, -0.15) is 0 Å². The number of carbonyl (C=O) groups is 1. The third-order valence-electron chi connectivity index (χ3n) is 3.91. The number of rotatable bonds is 5. The first-order chi connectivity index (χ1) is 10.1. The topological polar surface area (TPSA) is 35.5 Å². The number of benzene rings is 2. The maximum absolute atomic E-state index is 11.8.